The van der Waals surface area contributed by atoms with Crippen molar-refractivity contribution in [2.45, 2.75) is 155 Å². The maximum Gasteiger partial charge on any atom is 0.303 e. The summed E-state index contributed by atoms with van der Waals surface area (Å²) in [5.74, 6) is -0.503. The van der Waals surface area contributed by atoms with E-state index >= 15 is 0 Å². The van der Waals surface area contributed by atoms with Crippen LogP contribution in [0.2, 0.25) is 0 Å². The number of carboxylic acid groups (broad SMARTS) is 1. The van der Waals surface area contributed by atoms with Crippen molar-refractivity contribution in [1.29, 1.82) is 0 Å². The quantitative estimate of drug-likeness (QED) is 0.0930. The highest BCUT2D eigenvalue weighted by Crippen LogP contribution is 2.40. The highest BCUT2D eigenvalue weighted by molar-refractivity contribution is 5.66. The van der Waals surface area contributed by atoms with E-state index in [1.807, 2.05) is 47.6 Å². The van der Waals surface area contributed by atoms with Gasteiger partial charge >= 0.3 is 5.97 Å². The van der Waals surface area contributed by atoms with E-state index in [2.05, 4.69) is 19.1 Å². The molecule has 1 aromatic rings. The smallest absolute Gasteiger partial charge is 0.303 e. The van der Waals surface area contributed by atoms with Crippen molar-refractivity contribution in [3.63, 3.8) is 0 Å². The number of phenols is 1. The number of aliphatic carboxylic acids is 1. The number of phenolic OH excluding ortho intramolecular Hbond substituents is 1. The van der Waals surface area contributed by atoms with Gasteiger partial charge in [0.2, 0.25) is 0 Å². The number of nitrogens with two attached hydrogens (primary N) is 3. The van der Waals surface area contributed by atoms with E-state index in [0.717, 1.165) is 24.0 Å². The van der Waals surface area contributed by atoms with Crippen LogP contribution in [0.25, 0.3) is 0 Å². The van der Waals surface area contributed by atoms with Gasteiger partial charge in [0.15, 0.2) is 0 Å². The molecule has 0 fully saturated rings. The summed E-state index contributed by atoms with van der Waals surface area (Å²) < 4.78 is 0. The van der Waals surface area contributed by atoms with Gasteiger partial charge in [0.1, 0.15) is 5.75 Å². The SMILES string of the molecule is CC(C)(N)c1ccc(O)c(C(C)(C)N)c1C(C)(C)N.CCCCCCCCC=CCCCCCCCC(=O)O. The summed E-state index contributed by atoms with van der Waals surface area (Å²) in [6.07, 6.45) is 21.2. The first-order valence-corrected chi connectivity index (χ1v) is 15.1. The number of benzene rings is 1. The number of unbranched alkanes of at least 4 members (excludes halogenated alkanes) is 11. The Hall–Kier alpha value is -1.89. The highest BCUT2D eigenvalue weighted by Gasteiger charge is 2.34. The zero-order valence-electron chi connectivity index (χ0n) is 26.2. The molecule has 1 rings (SSSR count). The molecule has 0 unspecified atom stereocenters. The number of hydrogen-bond donors (Lipinski definition) is 5. The summed E-state index contributed by atoms with van der Waals surface area (Å²) in [5.41, 5.74) is 19.3. The Kier molecular flexibility index (Phi) is 17.6. The van der Waals surface area contributed by atoms with Gasteiger partial charge in [-0.1, -0.05) is 76.5 Å². The van der Waals surface area contributed by atoms with Gasteiger partial charge in [0, 0.05) is 28.6 Å². The average Bonchev–Trinajstić information content (AvgIpc) is 2.79. The minimum atomic E-state index is -0.697. The first-order valence-electron chi connectivity index (χ1n) is 15.1. The van der Waals surface area contributed by atoms with Crippen LogP contribution in [-0.2, 0) is 21.4 Å². The summed E-state index contributed by atoms with van der Waals surface area (Å²) >= 11 is 0. The number of rotatable bonds is 18. The van der Waals surface area contributed by atoms with Crippen LogP contribution in [0.3, 0.4) is 0 Å². The van der Waals surface area contributed by atoms with Crippen molar-refractivity contribution in [2.75, 3.05) is 0 Å². The fourth-order valence-electron chi connectivity index (χ4n) is 4.80. The molecule has 0 spiro atoms. The Labute approximate surface area is 239 Å². The van der Waals surface area contributed by atoms with Crippen LogP contribution in [0, 0.1) is 0 Å². The second kappa shape index (κ2) is 18.5. The van der Waals surface area contributed by atoms with Crippen molar-refractivity contribution in [1.82, 2.24) is 0 Å². The lowest BCUT2D eigenvalue weighted by atomic mass is 9.75. The maximum atomic E-state index is 10.3. The monoisotopic (exact) mass is 547 g/mol. The summed E-state index contributed by atoms with van der Waals surface area (Å²) in [6, 6.07) is 3.47. The second-order valence-electron chi connectivity index (χ2n) is 12.8. The van der Waals surface area contributed by atoms with Gasteiger partial charge in [-0.3, -0.25) is 4.79 Å². The maximum absolute atomic E-state index is 10.3. The Morgan fingerprint density at radius 2 is 1.13 bits per heavy atom. The summed E-state index contributed by atoms with van der Waals surface area (Å²) in [5, 5.41) is 18.7. The van der Waals surface area contributed by atoms with Crippen LogP contribution < -0.4 is 17.2 Å². The van der Waals surface area contributed by atoms with Gasteiger partial charge in [-0.2, -0.15) is 0 Å². The van der Waals surface area contributed by atoms with Gasteiger partial charge < -0.3 is 27.4 Å². The van der Waals surface area contributed by atoms with Crippen molar-refractivity contribution >= 4 is 5.97 Å². The molecule has 0 aliphatic carbocycles. The van der Waals surface area contributed by atoms with Crippen LogP contribution in [0.15, 0.2) is 24.3 Å². The van der Waals surface area contributed by atoms with E-state index in [1.54, 1.807) is 6.07 Å². The van der Waals surface area contributed by atoms with Crippen LogP contribution >= 0.6 is 0 Å². The first kappa shape index (κ1) is 37.1. The predicted octanol–water partition coefficient (Wildman–Crippen LogP) is 8.08. The van der Waals surface area contributed by atoms with Crippen LogP contribution in [-0.4, -0.2) is 16.2 Å². The standard InChI is InChI=1S/C18H34O2.C15H27N3O/c1-2-3-4-5-6-7-8-9-10-11-12-13-14-15-16-17-18(19)20;1-13(2,16)9-7-8-10(19)12(15(5,6)18)11(9)14(3,4)17/h9-10H,2-8,11-17H2,1H3,(H,19,20);7-8,19H,16-18H2,1-6H3. The van der Waals surface area contributed by atoms with E-state index in [-0.39, 0.29) is 5.75 Å². The van der Waals surface area contributed by atoms with Crippen molar-refractivity contribution in [2.24, 2.45) is 17.2 Å². The number of aromatic hydroxyl groups is 1. The van der Waals surface area contributed by atoms with Gasteiger partial charge in [-0.05, 0) is 90.8 Å². The van der Waals surface area contributed by atoms with Crippen molar-refractivity contribution in [3.05, 3.63) is 41.0 Å². The minimum Gasteiger partial charge on any atom is -0.508 e. The van der Waals surface area contributed by atoms with E-state index in [0.29, 0.717) is 12.0 Å². The lowest BCUT2D eigenvalue weighted by molar-refractivity contribution is -0.137. The fraction of sp³-hybridized carbons (Fsp3) is 0.727. The third-order valence-electron chi connectivity index (χ3n) is 6.82. The number of carboxylic acids is 1. The van der Waals surface area contributed by atoms with Crippen LogP contribution in [0.5, 0.6) is 5.75 Å². The van der Waals surface area contributed by atoms with E-state index in [9.17, 15) is 9.90 Å². The molecule has 0 radical (unpaired) electrons. The number of hydrogen-bond acceptors (Lipinski definition) is 5. The topological polar surface area (TPSA) is 136 Å². The molecule has 1 aromatic carbocycles. The predicted molar refractivity (Wildman–Crippen MR) is 167 cm³/mol. The molecule has 226 valence electrons. The molecule has 39 heavy (non-hydrogen) atoms. The highest BCUT2D eigenvalue weighted by atomic mass is 16.4. The van der Waals surface area contributed by atoms with Crippen LogP contribution in [0.4, 0.5) is 0 Å². The third kappa shape index (κ3) is 16.7. The molecule has 0 bridgehead atoms. The Balaban J connectivity index is 0.000000741. The van der Waals surface area contributed by atoms with Gasteiger partial charge in [-0.25, -0.2) is 0 Å². The third-order valence-corrected chi connectivity index (χ3v) is 6.82. The van der Waals surface area contributed by atoms with E-state index in [1.165, 1.54) is 70.6 Å². The molecule has 0 aliphatic heterocycles. The van der Waals surface area contributed by atoms with Crippen LogP contribution in [0.1, 0.15) is 155 Å². The molecule has 0 saturated heterocycles. The molecule has 6 nitrogen and oxygen atoms in total. The molecule has 0 aliphatic rings. The first-order chi connectivity index (χ1) is 18.0. The normalized spacial score (nSPS) is 12.5. The second-order valence-corrected chi connectivity index (χ2v) is 12.8. The number of carbonyl (C=O) groups is 1. The molecule has 0 heterocycles. The molecule has 0 saturated carbocycles. The van der Waals surface area contributed by atoms with Crippen molar-refractivity contribution < 1.29 is 15.0 Å². The zero-order chi connectivity index (χ0) is 30.1. The Bertz CT molecular complexity index is 843. The molecular weight excluding hydrogens is 486 g/mol. The van der Waals surface area contributed by atoms with E-state index in [4.69, 9.17) is 22.3 Å². The Morgan fingerprint density at radius 1 is 0.692 bits per heavy atom. The molecule has 8 N–H and O–H groups in total. The number of allylic oxidation sites excluding steroid dienone is 2. The zero-order valence-corrected chi connectivity index (χ0v) is 26.2. The summed E-state index contributed by atoms with van der Waals surface area (Å²) in [6.45, 7) is 13.6. The van der Waals surface area contributed by atoms with E-state index < -0.39 is 22.6 Å². The lowest BCUT2D eigenvalue weighted by Crippen LogP contribution is -2.41. The summed E-state index contributed by atoms with van der Waals surface area (Å²) in [7, 11) is 0. The molecule has 6 heteroatoms. The molecular formula is C33H61N3O3. The van der Waals surface area contributed by atoms with Gasteiger partial charge in [0.05, 0.1) is 0 Å². The summed E-state index contributed by atoms with van der Waals surface area (Å²) in [4.78, 5) is 10.3. The Morgan fingerprint density at radius 3 is 1.54 bits per heavy atom. The van der Waals surface area contributed by atoms with Crippen molar-refractivity contribution in [3.8, 4) is 5.75 Å². The van der Waals surface area contributed by atoms with Gasteiger partial charge in [-0.15, -0.1) is 0 Å². The molecule has 0 aromatic heterocycles. The largest absolute Gasteiger partial charge is 0.508 e. The molecule has 0 atom stereocenters. The lowest BCUT2D eigenvalue weighted by Gasteiger charge is -2.36. The average molecular weight is 548 g/mol. The molecule has 0 amide bonds. The van der Waals surface area contributed by atoms with Gasteiger partial charge in [0.25, 0.3) is 0 Å². The fourth-order valence-corrected chi connectivity index (χ4v) is 4.80. The minimum absolute atomic E-state index is 0.161.